The zero-order valence-electron chi connectivity index (χ0n) is 25.7. The third-order valence-electron chi connectivity index (χ3n) is 8.31. The quantitative estimate of drug-likeness (QED) is 0.144. The number of terminal acetylenes is 1. The summed E-state index contributed by atoms with van der Waals surface area (Å²) < 4.78 is 5.04. The van der Waals surface area contributed by atoms with Gasteiger partial charge in [0.2, 0.25) is 0 Å². The largest absolute Gasteiger partial charge is 0.309 e. The molecule has 0 saturated carbocycles. The number of thiophene rings is 1. The fourth-order valence-corrected chi connectivity index (χ4v) is 7.41. The number of hydrogen-bond acceptors (Lipinski definition) is 3. The maximum absolute atomic E-state index is 5.03. The van der Waals surface area contributed by atoms with Crippen LogP contribution in [0.1, 0.15) is 19.7 Å². The lowest BCUT2D eigenvalue weighted by molar-refractivity contribution is 1.13. The minimum atomic E-state index is 0.723. The number of fused-ring (bicyclic) bond motifs is 7. The van der Waals surface area contributed by atoms with Crippen LogP contribution in [0, 0.1) is 12.8 Å². The highest BCUT2D eigenvalue weighted by Gasteiger charge is 2.18. The lowest BCUT2D eigenvalue weighted by Gasteiger charge is -2.11. The highest BCUT2D eigenvalue weighted by molar-refractivity contribution is 7.26. The molecule has 8 rings (SSSR count). The molecule has 46 heavy (non-hydrogen) atoms. The molecule has 0 bridgehead atoms. The normalized spacial score (nSPS) is 11.9. The second-order valence-electron chi connectivity index (χ2n) is 10.9. The average Bonchev–Trinajstić information content (AvgIpc) is 3.67. The Labute approximate surface area is 272 Å². The molecule has 0 atom stereocenters. The summed E-state index contributed by atoms with van der Waals surface area (Å²) in [7, 11) is 0. The number of nitrogens with zero attached hydrogens (tertiary/aromatic N) is 3. The van der Waals surface area contributed by atoms with Gasteiger partial charge >= 0.3 is 0 Å². The predicted octanol–water partition coefficient (Wildman–Crippen LogP) is 11.5. The van der Waals surface area contributed by atoms with Crippen LogP contribution in [0.15, 0.2) is 140 Å². The Hall–Kier alpha value is -5.76. The number of aromatic nitrogens is 3. The minimum Gasteiger partial charge on any atom is -0.309 e. The van der Waals surface area contributed by atoms with E-state index in [1.54, 1.807) is 0 Å². The summed E-state index contributed by atoms with van der Waals surface area (Å²) in [5.41, 5.74) is 8.48. The SMILES string of the molecule is C#C.C/C=C\C(=C/C)c1nc(-c2ccccc2)cc(-c2ccc(-n3c4ccccc4c4c5c(ccc43)sc3ccccc35)cc2)n1. The maximum Gasteiger partial charge on any atom is 0.160 e. The van der Waals surface area contributed by atoms with Crippen molar-refractivity contribution in [2.75, 3.05) is 0 Å². The van der Waals surface area contributed by atoms with Gasteiger partial charge in [0.05, 0.1) is 22.4 Å². The molecule has 0 aliphatic carbocycles. The van der Waals surface area contributed by atoms with Crippen LogP contribution in [0.5, 0.6) is 0 Å². The summed E-state index contributed by atoms with van der Waals surface area (Å²) in [4.78, 5) is 9.99. The first-order valence-electron chi connectivity index (χ1n) is 15.2. The van der Waals surface area contributed by atoms with Crippen LogP contribution in [0.3, 0.4) is 0 Å². The summed E-state index contributed by atoms with van der Waals surface area (Å²) >= 11 is 1.87. The summed E-state index contributed by atoms with van der Waals surface area (Å²) in [5.74, 6) is 0.723. The summed E-state index contributed by atoms with van der Waals surface area (Å²) in [5, 5.41) is 5.26. The Balaban J connectivity index is 0.00000166. The van der Waals surface area contributed by atoms with Gasteiger partial charge in [0.15, 0.2) is 5.82 Å². The van der Waals surface area contributed by atoms with Crippen molar-refractivity contribution in [1.82, 2.24) is 14.5 Å². The molecule has 0 N–H and O–H groups in total. The molecule has 3 nitrogen and oxygen atoms in total. The van der Waals surface area contributed by atoms with E-state index in [0.29, 0.717) is 0 Å². The van der Waals surface area contributed by atoms with E-state index < -0.39 is 0 Å². The second-order valence-corrected chi connectivity index (χ2v) is 12.0. The smallest absolute Gasteiger partial charge is 0.160 e. The van der Waals surface area contributed by atoms with Crippen LogP contribution in [0.2, 0.25) is 0 Å². The first-order chi connectivity index (χ1) is 22.7. The topological polar surface area (TPSA) is 30.7 Å². The molecule has 0 saturated heterocycles. The van der Waals surface area contributed by atoms with Crippen molar-refractivity contribution < 1.29 is 0 Å². The lowest BCUT2D eigenvalue weighted by Crippen LogP contribution is -1.99. The van der Waals surface area contributed by atoms with Crippen molar-refractivity contribution >= 4 is 58.9 Å². The number of allylic oxidation sites excluding steroid dienone is 4. The summed E-state index contributed by atoms with van der Waals surface area (Å²) in [6.07, 6.45) is 14.2. The van der Waals surface area contributed by atoms with E-state index in [4.69, 9.17) is 9.97 Å². The molecule has 3 heterocycles. The van der Waals surface area contributed by atoms with E-state index in [2.05, 4.69) is 133 Å². The number of hydrogen-bond donors (Lipinski definition) is 0. The van der Waals surface area contributed by atoms with Crippen molar-refractivity contribution in [2.24, 2.45) is 0 Å². The first-order valence-corrected chi connectivity index (χ1v) is 16.1. The van der Waals surface area contributed by atoms with Gasteiger partial charge in [-0.15, -0.1) is 24.2 Å². The molecule has 220 valence electrons. The van der Waals surface area contributed by atoms with Crippen molar-refractivity contribution in [1.29, 1.82) is 0 Å². The van der Waals surface area contributed by atoms with Crippen LogP contribution in [0.25, 0.3) is 75.8 Å². The van der Waals surface area contributed by atoms with Gasteiger partial charge < -0.3 is 4.57 Å². The van der Waals surface area contributed by atoms with Gasteiger partial charge in [0, 0.05) is 53.3 Å². The lowest BCUT2D eigenvalue weighted by atomic mass is 10.1. The molecule has 5 aromatic carbocycles. The highest BCUT2D eigenvalue weighted by atomic mass is 32.1. The number of rotatable bonds is 5. The Morgan fingerprint density at radius 1 is 0.630 bits per heavy atom. The second kappa shape index (κ2) is 12.3. The standard InChI is InChI=1S/C40H29N3S.C2H2/c1-3-12-26(4-2)40-41-32(27-13-6-5-7-14-27)25-33(42-40)28-19-21-29(22-20-28)43-34-17-10-8-15-30(34)38-35(43)23-24-37-39(38)31-16-9-11-18-36(31)44-37;1-2/h3-25H,1-2H3;1-2H/b12-3-,26-4+;. The number of benzene rings is 5. The molecular weight excluding hydrogens is 579 g/mol. The zero-order valence-corrected chi connectivity index (χ0v) is 26.5. The molecule has 8 aromatic rings. The molecule has 0 radical (unpaired) electrons. The zero-order chi connectivity index (χ0) is 31.6. The van der Waals surface area contributed by atoms with E-state index in [-0.39, 0.29) is 0 Å². The fraction of sp³-hybridized carbons (Fsp3) is 0.0476. The molecule has 4 heteroatoms. The molecule has 0 amide bonds. The Kier molecular flexibility index (Phi) is 7.76. The first kappa shape index (κ1) is 29.0. The van der Waals surface area contributed by atoms with E-state index in [0.717, 1.165) is 39.6 Å². The number of para-hydroxylation sites is 1. The van der Waals surface area contributed by atoms with Gasteiger partial charge in [-0.05, 0) is 56.3 Å². The van der Waals surface area contributed by atoms with Crippen LogP contribution in [-0.4, -0.2) is 14.5 Å². The molecule has 0 unspecified atom stereocenters. The third-order valence-corrected chi connectivity index (χ3v) is 9.45. The van der Waals surface area contributed by atoms with Crippen molar-refractivity contribution in [3.05, 3.63) is 145 Å². The molecule has 0 spiro atoms. The summed E-state index contributed by atoms with van der Waals surface area (Å²) in [6, 6.07) is 43.3. The van der Waals surface area contributed by atoms with Crippen molar-refractivity contribution in [2.45, 2.75) is 13.8 Å². The van der Waals surface area contributed by atoms with Crippen LogP contribution >= 0.6 is 11.3 Å². The fourth-order valence-electron chi connectivity index (χ4n) is 6.29. The molecular formula is C42H31N3S. The molecule has 0 aliphatic rings. The molecule has 3 aromatic heterocycles. The Morgan fingerprint density at radius 3 is 2.00 bits per heavy atom. The summed E-state index contributed by atoms with van der Waals surface area (Å²) in [6.45, 7) is 4.05. The molecule has 0 fully saturated rings. The van der Waals surface area contributed by atoms with Crippen molar-refractivity contribution in [3.63, 3.8) is 0 Å². The van der Waals surface area contributed by atoms with Gasteiger partial charge in [-0.1, -0.05) is 97.1 Å². The highest BCUT2D eigenvalue weighted by Crippen LogP contribution is 2.43. The predicted molar refractivity (Wildman–Crippen MR) is 198 cm³/mol. The Bertz CT molecular complexity index is 2440. The van der Waals surface area contributed by atoms with E-state index in [9.17, 15) is 0 Å². The van der Waals surface area contributed by atoms with Crippen LogP contribution in [0.4, 0.5) is 0 Å². The molecule has 0 aliphatic heterocycles. The van der Waals surface area contributed by atoms with Crippen LogP contribution < -0.4 is 0 Å². The van der Waals surface area contributed by atoms with E-state index in [1.165, 1.54) is 42.0 Å². The van der Waals surface area contributed by atoms with Gasteiger partial charge in [-0.2, -0.15) is 0 Å². The monoisotopic (exact) mass is 609 g/mol. The van der Waals surface area contributed by atoms with Crippen molar-refractivity contribution in [3.8, 4) is 41.0 Å². The minimum absolute atomic E-state index is 0.723. The van der Waals surface area contributed by atoms with Gasteiger partial charge in [0.25, 0.3) is 0 Å². The maximum atomic E-state index is 5.03. The van der Waals surface area contributed by atoms with Gasteiger partial charge in [-0.25, -0.2) is 9.97 Å². The average molecular weight is 610 g/mol. The van der Waals surface area contributed by atoms with Gasteiger partial charge in [-0.3, -0.25) is 0 Å². The van der Waals surface area contributed by atoms with E-state index >= 15 is 0 Å². The van der Waals surface area contributed by atoms with Gasteiger partial charge in [0.1, 0.15) is 0 Å². The van der Waals surface area contributed by atoms with Crippen LogP contribution in [-0.2, 0) is 0 Å². The van der Waals surface area contributed by atoms with E-state index in [1.807, 2.05) is 49.5 Å². The third kappa shape index (κ3) is 4.88. The Morgan fingerprint density at radius 2 is 1.28 bits per heavy atom.